The fourth-order valence-corrected chi connectivity index (χ4v) is 2.37. The number of alkyl halides is 1. The van der Waals surface area contributed by atoms with Gasteiger partial charge in [0, 0.05) is 14.7 Å². The highest BCUT2D eigenvalue weighted by Crippen LogP contribution is 2.40. The van der Waals surface area contributed by atoms with Crippen molar-refractivity contribution in [2.75, 3.05) is 18.9 Å². The maximum Gasteiger partial charge on any atom is 0.256 e. The van der Waals surface area contributed by atoms with Crippen LogP contribution in [0, 0.1) is 0 Å². The lowest BCUT2D eigenvalue weighted by molar-refractivity contribution is 0.0768. The predicted octanol–water partition coefficient (Wildman–Crippen LogP) is 2.66. The van der Waals surface area contributed by atoms with Crippen LogP contribution in [0.1, 0.15) is 12.8 Å². The van der Waals surface area contributed by atoms with Crippen LogP contribution in [0.25, 0.3) is 0 Å². The molecule has 1 aliphatic carbocycles. The van der Waals surface area contributed by atoms with Crippen molar-refractivity contribution in [1.82, 2.24) is 9.78 Å². The van der Waals surface area contributed by atoms with E-state index >= 15 is 0 Å². The Labute approximate surface area is 120 Å². The third kappa shape index (κ3) is 4.79. The Bertz CT molecular complexity index is 455. The molecule has 0 spiro atoms. The summed E-state index contributed by atoms with van der Waals surface area (Å²) in [6.45, 7) is 8.01. The first kappa shape index (κ1) is 15.3. The minimum Gasteiger partial charge on any atom is -0.472 e. The molecule has 20 heavy (non-hydrogen) atoms. The van der Waals surface area contributed by atoms with Gasteiger partial charge in [0.05, 0.1) is 6.20 Å². The van der Waals surface area contributed by atoms with E-state index in [0.29, 0.717) is 31.1 Å². The van der Waals surface area contributed by atoms with Crippen molar-refractivity contribution in [1.29, 1.82) is 0 Å². The normalized spacial score (nSPS) is 17.2. The number of nitrogens with zero attached hydrogens (tertiary/aromatic N) is 2. The second-order valence-corrected chi connectivity index (χ2v) is 12.3. The van der Waals surface area contributed by atoms with Gasteiger partial charge in [-0.2, -0.15) is 0 Å². The molecule has 0 aliphatic heterocycles. The molecule has 0 radical (unpaired) electrons. The fraction of sp³-hybridized carbons (Fsp3) is 0.769. The lowest BCUT2D eigenvalue weighted by Crippen LogP contribution is -2.22. The van der Waals surface area contributed by atoms with E-state index in [1.165, 1.54) is 0 Å². The highest BCUT2D eigenvalue weighted by Gasteiger charge is 2.44. The molecule has 1 saturated carbocycles. The molecule has 2 N–H and O–H groups in total. The zero-order valence-corrected chi connectivity index (χ0v) is 13.5. The number of anilines is 1. The molecule has 0 amide bonds. The molecule has 0 atom stereocenters. The van der Waals surface area contributed by atoms with E-state index in [4.69, 9.17) is 15.2 Å². The quantitative estimate of drug-likeness (QED) is 0.592. The molecule has 1 fully saturated rings. The van der Waals surface area contributed by atoms with Gasteiger partial charge in [-0.05, 0) is 18.9 Å². The van der Waals surface area contributed by atoms with Crippen molar-refractivity contribution >= 4 is 13.8 Å². The van der Waals surface area contributed by atoms with Crippen LogP contribution in [0.4, 0.5) is 10.1 Å². The lowest BCUT2D eigenvalue weighted by Gasteiger charge is -2.15. The van der Waals surface area contributed by atoms with Crippen LogP contribution >= 0.6 is 0 Å². The van der Waals surface area contributed by atoms with Crippen LogP contribution in [0.15, 0.2) is 6.20 Å². The Kier molecular flexibility index (Phi) is 4.39. The molecule has 1 heterocycles. The van der Waals surface area contributed by atoms with Gasteiger partial charge in [0.2, 0.25) is 0 Å². The highest BCUT2D eigenvalue weighted by atomic mass is 28.3. The van der Waals surface area contributed by atoms with E-state index in [-0.39, 0.29) is 6.61 Å². The van der Waals surface area contributed by atoms with E-state index in [2.05, 4.69) is 24.7 Å². The maximum atomic E-state index is 13.5. The van der Waals surface area contributed by atoms with Crippen LogP contribution < -0.4 is 10.5 Å². The first-order chi connectivity index (χ1) is 9.27. The highest BCUT2D eigenvalue weighted by molar-refractivity contribution is 6.76. The van der Waals surface area contributed by atoms with E-state index < -0.39 is 13.7 Å². The summed E-state index contributed by atoms with van der Waals surface area (Å²) in [5.41, 5.74) is 5.04. The Balaban J connectivity index is 1.75. The lowest BCUT2D eigenvalue weighted by atomic mass is 10.4. The Morgan fingerprint density at radius 2 is 2.15 bits per heavy atom. The number of halogens is 1. The van der Waals surface area contributed by atoms with Crippen LogP contribution in [0.3, 0.4) is 0 Å². The second kappa shape index (κ2) is 5.73. The van der Waals surface area contributed by atoms with Crippen LogP contribution in [-0.2, 0) is 11.5 Å². The standard InChI is InChI=1S/C13H24FN3O2Si/c1-20(2,3)7-6-18-10-17-8-11(15)12(16-17)19-9-13(14)4-5-13/h8H,4-7,9-10,15H2,1-3H3. The zero-order valence-electron chi connectivity index (χ0n) is 12.5. The first-order valence-corrected chi connectivity index (χ1v) is 10.7. The topological polar surface area (TPSA) is 62.3 Å². The summed E-state index contributed by atoms with van der Waals surface area (Å²) in [5, 5.41) is 4.16. The molecule has 1 aromatic heterocycles. The number of hydrogen-bond donors (Lipinski definition) is 1. The Morgan fingerprint density at radius 1 is 1.45 bits per heavy atom. The SMILES string of the molecule is C[Si](C)(C)CCOCn1cc(N)c(OCC2(F)CC2)n1. The molecule has 0 unspecified atom stereocenters. The van der Waals surface area contributed by atoms with Crippen LogP contribution in [-0.4, -0.2) is 36.7 Å². The van der Waals surface area contributed by atoms with Crippen LogP contribution in [0.5, 0.6) is 5.88 Å². The van der Waals surface area contributed by atoms with Crippen molar-refractivity contribution in [3.8, 4) is 5.88 Å². The predicted molar refractivity (Wildman–Crippen MR) is 79.3 cm³/mol. The summed E-state index contributed by atoms with van der Waals surface area (Å²) >= 11 is 0. The third-order valence-corrected chi connectivity index (χ3v) is 4.94. The Hall–Kier alpha value is -1.08. The number of hydrogen-bond acceptors (Lipinski definition) is 4. The average Bonchev–Trinajstić information content (AvgIpc) is 2.95. The van der Waals surface area contributed by atoms with Gasteiger partial charge in [0.1, 0.15) is 24.7 Å². The number of nitrogen functional groups attached to an aromatic ring is 1. The summed E-state index contributed by atoms with van der Waals surface area (Å²) in [5.74, 6) is 0.294. The number of nitrogens with two attached hydrogens (primary N) is 1. The van der Waals surface area contributed by atoms with Crippen LogP contribution in [0.2, 0.25) is 25.7 Å². The second-order valence-electron chi connectivity index (χ2n) is 6.72. The van der Waals surface area contributed by atoms with E-state index in [1.807, 2.05) is 0 Å². The van der Waals surface area contributed by atoms with Crippen molar-refractivity contribution in [2.24, 2.45) is 0 Å². The molecule has 2 rings (SSSR count). The van der Waals surface area contributed by atoms with Crippen molar-refractivity contribution in [3.05, 3.63) is 6.20 Å². The van der Waals surface area contributed by atoms with Crippen molar-refractivity contribution in [2.45, 2.75) is 50.9 Å². The number of rotatable bonds is 8. The van der Waals surface area contributed by atoms with E-state index in [1.54, 1.807) is 10.9 Å². The fourth-order valence-electron chi connectivity index (χ4n) is 1.61. The summed E-state index contributed by atoms with van der Waals surface area (Å²) in [6.07, 6.45) is 2.78. The molecule has 1 aliphatic rings. The first-order valence-electron chi connectivity index (χ1n) is 7.00. The monoisotopic (exact) mass is 301 g/mol. The molecule has 0 aromatic carbocycles. The summed E-state index contributed by atoms with van der Waals surface area (Å²) in [7, 11) is -1.07. The molecule has 7 heteroatoms. The minimum atomic E-state index is -1.16. The van der Waals surface area contributed by atoms with Gasteiger partial charge in [0.25, 0.3) is 5.88 Å². The van der Waals surface area contributed by atoms with Crippen molar-refractivity contribution in [3.63, 3.8) is 0 Å². The molecule has 5 nitrogen and oxygen atoms in total. The number of ether oxygens (including phenoxy) is 2. The Morgan fingerprint density at radius 3 is 2.75 bits per heavy atom. The third-order valence-electron chi connectivity index (χ3n) is 3.23. The summed E-state index contributed by atoms with van der Waals surface area (Å²) in [4.78, 5) is 0. The summed E-state index contributed by atoms with van der Waals surface area (Å²) in [6, 6.07) is 1.11. The average molecular weight is 301 g/mol. The molecule has 1 aromatic rings. The van der Waals surface area contributed by atoms with Gasteiger partial charge in [-0.3, -0.25) is 0 Å². The van der Waals surface area contributed by atoms with Gasteiger partial charge >= 0.3 is 0 Å². The number of aromatic nitrogens is 2. The molecule has 0 saturated heterocycles. The van der Waals surface area contributed by atoms with Gasteiger partial charge < -0.3 is 15.2 Å². The van der Waals surface area contributed by atoms with Gasteiger partial charge in [-0.25, -0.2) is 9.07 Å². The maximum absolute atomic E-state index is 13.5. The summed E-state index contributed by atoms with van der Waals surface area (Å²) < 4.78 is 25.9. The van der Waals surface area contributed by atoms with Crippen molar-refractivity contribution < 1.29 is 13.9 Å². The van der Waals surface area contributed by atoms with Gasteiger partial charge in [0.15, 0.2) is 0 Å². The molecule has 0 bridgehead atoms. The van der Waals surface area contributed by atoms with E-state index in [9.17, 15) is 4.39 Å². The van der Waals surface area contributed by atoms with Gasteiger partial charge in [-0.15, -0.1) is 5.10 Å². The minimum absolute atomic E-state index is 0.0324. The smallest absolute Gasteiger partial charge is 0.256 e. The zero-order chi connectivity index (χ0) is 14.8. The van der Waals surface area contributed by atoms with Gasteiger partial charge in [-0.1, -0.05) is 19.6 Å². The molecular formula is C13H24FN3O2Si. The molecular weight excluding hydrogens is 277 g/mol. The van der Waals surface area contributed by atoms with E-state index in [0.717, 1.165) is 12.7 Å². The molecule has 114 valence electrons. The largest absolute Gasteiger partial charge is 0.472 e.